The quantitative estimate of drug-likeness (QED) is 0.841. The van der Waals surface area contributed by atoms with Gasteiger partial charge in [0.1, 0.15) is 5.75 Å². The van der Waals surface area contributed by atoms with Crippen molar-refractivity contribution < 1.29 is 13.7 Å². The summed E-state index contributed by atoms with van der Waals surface area (Å²) in [6, 6.07) is 5.90. The molecule has 2 unspecified atom stereocenters. The van der Waals surface area contributed by atoms with Gasteiger partial charge in [-0.25, -0.2) is 0 Å². The van der Waals surface area contributed by atoms with E-state index in [0.717, 1.165) is 5.56 Å². The number of benzene rings is 1. The van der Waals surface area contributed by atoms with Gasteiger partial charge in [-0.15, -0.1) is 0 Å². The van der Waals surface area contributed by atoms with Crippen LogP contribution in [0.2, 0.25) is 0 Å². The van der Waals surface area contributed by atoms with Gasteiger partial charge >= 0.3 is 0 Å². The molecule has 1 aliphatic heterocycles. The highest BCUT2D eigenvalue weighted by Gasteiger charge is 2.15. The molecule has 0 saturated heterocycles. The highest BCUT2D eigenvalue weighted by Crippen LogP contribution is 2.28. The average molecular weight is 282 g/mol. The topological polar surface area (TPSA) is 67.4 Å². The van der Waals surface area contributed by atoms with Gasteiger partial charge in [0.25, 0.3) is 5.91 Å². The van der Waals surface area contributed by atoms with Crippen molar-refractivity contribution in [1.82, 2.24) is 5.32 Å². The van der Waals surface area contributed by atoms with Crippen molar-refractivity contribution in [2.45, 2.75) is 19.5 Å². The normalized spacial score (nSPS) is 17.1. The molecule has 0 spiro atoms. The Morgan fingerprint density at radius 1 is 1.53 bits per heavy atom. The van der Waals surface area contributed by atoms with E-state index >= 15 is 0 Å². The van der Waals surface area contributed by atoms with Crippen LogP contribution in [0.25, 0.3) is 0 Å². The van der Waals surface area contributed by atoms with Gasteiger partial charge in [-0.2, -0.15) is 0 Å². The van der Waals surface area contributed by atoms with Gasteiger partial charge in [0, 0.05) is 35.4 Å². The van der Waals surface area contributed by atoms with Crippen LogP contribution in [-0.2, 0) is 22.1 Å². The summed E-state index contributed by atoms with van der Waals surface area (Å²) in [4.78, 5) is 11.2. The fraction of sp³-hybridized carbons (Fsp3) is 0.462. The molecule has 0 aromatic heterocycles. The molecule has 6 heteroatoms. The molecule has 2 N–H and O–H groups in total. The fourth-order valence-corrected chi connectivity index (χ4v) is 2.77. The molecule has 0 aliphatic carbocycles. The Hall–Kier alpha value is -1.40. The minimum absolute atomic E-state index is 0.0734. The number of rotatable bonds is 5. The second-order valence-electron chi connectivity index (χ2n) is 4.69. The maximum Gasteiger partial charge on any atom is 0.262 e. The van der Waals surface area contributed by atoms with Crippen LogP contribution in [0.4, 0.5) is 5.69 Å². The maximum atomic E-state index is 11.2. The Morgan fingerprint density at radius 3 is 3.05 bits per heavy atom. The summed E-state index contributed by atoms with van der Waals surface area (Å²) < 4.78 is 16.4. The molecule has 0 saturated carbocycles. The third-order valence-corrected chi connectivity index (χ3v) is 3.79. The molecular weight excluding hydrogens is 264 g/mol. The highest BCUT2D eigenvalue weighted by atomic mass is 32.2. The van der Waals surface area contributed by atoms with E-state index in [1.807, 2.05) is 25.1 Å². The number of ether oxygens (including phenoxy) is 1. The molecule has 1 aromatic carbocycles. The minimum atomic E-state index is -0.800. The molecule has 0 bridgehead atoms. The van der Waals surface area contributed by atoms with E-state index in [9.17, 15) is 9.00 Å². The van der Waals surface area contributed by atoms with E-state index in [0.29, 0.717) is 23.7 Å². The summed E-state index contributed by atoms with van der Waals surface area (Å²) in [5.41, 5.74) is 1.76. The Kier molecular flexibility index (Phi) is 4.55. The molecule has 1 aromatic rings. The first-order valence-corrected chi connectivity index (χ1v) is 7.86. The SMILES string of the molecule is CC(CS(C)=O)NCc1ccc2c(c1)NC(=O)CO2. The van der Waals surface area contributed by atoms with Crippen LogP contribution in [0.15, 0.2) is 18.2 Å². The van der Waals surface area contributed by atoms with Gasteiger partial charge in [-0.1, -0.05) is 6.07 Å². The van der Waals surface area contributed by atoms with Crippen LogP contribution in [0.3, 0.4) is 0 Å². The van der Waals surface area contributed by atoms with Crippen LogP contribution in [-0.4, -0.2) is 34.8 Å². The Labute approximate surface area is 115 Å². The number of carbonyl (C=O) groups excluding carboxylic acids is 1. The number of nitrogens with one attached hydrogen (secondary N) is 2. The van der Waals surface area contributed by atoms with E-state index in [4.69, 9.17) is 4.74 Å². The molecular formula is C13H18N2O3S. The lowest BCUT2D eigenvalue weighted by Crippen LogP contribution is -2.30. The Morgan fingerprint density at radius 2 is 2.32 bits per heavy atom. The fourth-order valence-electron chi connectivity index (χ4n) is 1.94. The molecule has 5 nitrogen and oxygen atoms in total. The number of carbonyl (C=O) groups is 1. The molecule has 1 aliphatic rings. The first-order valence-electron chi connectivity index (χ1n) is 6.13. The molecule has 1 heterocycles. The van der Waals surface area contributed by atoms with Crippen LogP contribution in [0.1, 0.15) is 12.5 Å². The highest BCUT2D eigenvalue weighted by molar-refractivity contribution is 7.84. The van der Waals surface area contributed by atoms with Crippen molar-refractivity contribution in [3.8, 4) is 5.75 Å². The third-order valence-electron chi connectivity index (χ3n) is 2.82. The molecule has 0 radical (unpaired) electrons. The van der Waals surface area contributed by atoms with Gasteiger partial charge in [-0.3, -0.25) is 9.00 Å². The monoisotopic (exact) mass is 282 g/mol. The summed E-state index contributed by atoms with van der Waals surface area (Å²) in [5.74, 6) is 1.20. The zero-order valence-electron chi connectivity index (χ0n) is 11.1. The molecule has 2 atom stereocenters. The lowest BCUT2D eigenvalue weighted by Gasteiger charge is -2.19. The number of fused-ring (bicyclic) bond motifs is 1. The number of hydrogen-bond donors (Lipinski definition) is 2. The predicted molar refractivity (Wildman–Crippen MR) is 75.8 cm³/mol. The summed E-state index contributed by atoms with van der Waals surface area (Å²) in [7, 11) is -0.800. The van der Waals surface area contributed by atoms with Crippen LogP contribution >= 0.6 is 0 Å². The van der Waals surface area contributed by atoms with E-state index in [1.165, 1.54) is 0 Å². The molecule has 0 fully saturated rings. The molecule has 104 valence electrons. The van der Waals surface area contributed by atoms with Gasteiger partial charge in [0.15, 0.2) is 6.61 Å². The molecule has 2 rings (SSSR count). The van der Waals surface area contributed by atoms with E-state index in [2.05, 4.69) is 10.6 Å². The minimum Gasteiger partial charge on any atom is -0.482 e. The van der Waals surface area contributed by atoms with E-state index < -0.39 is 10.8 Å². The van der Waals surface area contributed by atoms with Crippen molar-refractivity contribution in [2.75, 3.05) is 23.9 Å². The third kappa shape index (κ3) is 4.04. The van der Waals surface area contributed by atoms with Crippen molar-refractivity contribution >= 4 is 22.4 Å². The predicted octanol–water partition coefficient (Wildman–Crippen LogP) is 0.874. The van der Waals surface area contributed by atoms with Crippen LogP contribution < -0.4 is 15.4 Å². The molecule has 1 amide bonds. The smallest absolute Gasteiger partial charge is 0.262 e. The van der Waals surface area contributed by atoms with Gasteiger partial charge < -0.3 is 15.4 Å². The number of amides is 1. The summed E-state index contributed by atoms with van der Waals surface area (Å²) in [6.45, 7) is 2.75. The summed E-state index contributed by atoms with van der Waals surface area (Å²) >= 11 is 0. The standard InChI is InChI=1S/C13H18N2O3S/c1-9(8-19(2)17)14-6-10-3-4-12-11(5-10)15-13(16)7-18-12/h3-5,9,14H,6-8H2,1-2H3,(H,15,16). The Bertz CT molecular complexity index is 505. The first-order chi connectivity index (χ1) is 9.04. The number of hydrogen-bond acceptors (Lipinski definition) is 4. The lowest BCUT2D eigenvalue weighted by atomic mass is 10.1. The zero-order valence-corrected chi connectivity index (χ0v) is 11.9. The summed E-state index contributed by atoms with van der Waals surface area (Å²) in [5, 5.41) is 6.08. The largest absolute Gasteiger partial charge is 0.482 e. The van der Waals surface area contributed by atoms with Crippen LogP contribution in [0.5, 0.6) is 5.75 Å². The van der Waals surface area contributed by atoms with Crippen LogP contribution in [0, 0.1) is 0 Å². The van der Waals surface area contributed by atoms with E-state index in [1.54, 1.807) is 6.26 Å². The second-order valence-corrected chi connectivity index (χ2v) is 6.17. The van der Waals surface area contributed by atoms with Gasteiger partial charge in [-0.05, 0) is 24.6 Å². The van der Waals surface area contributed by atoms with Gasteiger partial charge in [0.05, 0.1) is 5.69 Å². The van der Waals surface area contributed by atoms with Crippen molar-refractivity contribution in [1.29, 1.82) is 0 Å². The van der Waals surface area contributed by atoms with Crippen molar-refractivity contribution in [2.24, 2.45) is 0 Å². The summed E-state index contributed by atoms with van der Waals surface area (Å²) in [6.07, 6.45) is 1.70. The maximum absolute atomic E-state index is 11.2. The Balaban J connectivity index is 1.96. The number of anilines is 1. The van der Waals surface area contributed by atoms with E-state index in [-0.39, 0.29) is 18.6 Å². The zero-order chi connectivity index (χ0) is 13.8. The lowest BCUT2D eigenvalue weighted by molar-refractivity contribution is -0.118. The first kappa shape index (κ1) is 14.0. The van der Waals surface area contributed by atoms with Crippen molar-refractivity contribution in [3.05, 3.63) is 23.8 Å². The van der Waals surface area contributed by atoms with Crippen molar-refractivity contribution in [3.63, 3.8) is 0 Å². The average Bonchev–Trinajstić information content (AvgIpc) is 2.35. The molecule has 19 heavy (non-hydrogen) atoms. The van der Waals surface area contributed by atoms with Gasteiger partial charge in [0.2, 0.25) is 0 Å². The second kappa shape index (κ2) is 6.16.